The molecule has 0 radical (unpaired) electrons. The Bertz CT molecular complexity index is 706. The van der Waals surface area contributed by atoms with Gasteiger partial charge in [-0.1, -0.05) is 26.8 Å². The second-order valence-electron chi connectivity index (χ2n) is 5.75. The van der Waals surface area contributed by atoms with Crippen molar-refractivity contribution in [1.29, 1.82) is 0 Å². The first-order valence-electron chi connectivity index (χ1n) is 6.41. The number of benzene rings is 1. The molecule has 0 fully saturated rings. The van der Waals surface area contributed by atoms with Crippen LogP contribution in [0.5, 0.6) is 0 Å². The van der Waals surface area contributed by atoms with Gasteiger partial charge in [-0.15, -0.1) is 0 Å². The third-order valence-corrected chi connectivity index (χ3v) is 3.06. The van der Waals surface area contributed by atoms with Crippen LogP contribution in [0.15, 0.2) is 30.3 Å². The van der Waals surface area contributed by atoms with E-state index in [1.54, 1.807) is 0 Å². The highest BCUT2D eigenvalue weighted by molar-refractivity contribution is 5.89. The molecule has 0 saturated heterocycles. The average molecular weight is 291 g/mol. The number of hydrogen-bond acceptors (Lipinski definition) is 2. The van der Waals surface area contributed by atoms with Crippen molar-refractivity contribution < 1.29 is 18.7 Å². The molecule has 110 valence electrons. The van der Waals surface area contributed by atoms with E-state index in [0.29, 0.717) is 5.69 Å². The Morgan fingerprint density at radius 3 is 2.38 bits per heavy atom. The van der Waals surface area contributed by atoms with E-state index in [1.165, 1.54) is 24.3 Å². The van der Waals surface area contributed by atoms with Gasteiger partial charge in [0, 0.05) is 11.0 Å². The molecule has 0 saturated carbocycles. The molecule has 1 aromatic heterocycles. The number of rotatable bonds is 2. The molecule has 0 amide bonds. The molecule has 1 N–H and O–H groups in total. The average Bonchev–Trinajstić information content (AvgIpc) is 2.40. The van der Waals surface area contributed by atoms with Crippen LogP contribution >= 0.6 is 0 Å². The first kappa shape index (κ1) is 15.1. The Hall–Kier alpha value is -2.30. The van der Waals surface area contributed by atoms with Crippen molar-refractivity contribution in [3.8, 4) is 11.3 Å². The number of carboxylic acid groups (broad SMARTS) is 1. The maximum Gasteiger partial charge on any atom is 0.337 e. The molecule has 1 heterocycles. The summed E-state index contributed by atoms with van der Waals surface area (Å²) >= 11 is 0. The Kier molecular flexibility index (Phi) is 3.77. The van der Waals surface area contributed by atoms with Crippen molar-refractivity contribution >= 4 is 5.97 Å². The Morgan fingerprint density at radius 2 is 1.81 bits per heavy atom. The van der Waals surface area contributed by atoms with Crippen LogP contribution in [-0.2, 0) is 5.41 Å². The van der Waals surface area contributed by atoms with E-state index in [9.17, 15) is 18.7 Å². The summed E-state index contributed by atoms with van der Waals surface area (Å²) in [6, 6.07) is 6.58. The molecule has 1 aromatic carbocycles. The highest BCUT2D eigenvalue weighted by Gasteiger charge is 2.24. The summed E-state index contributed by atoms with van der Waals surface area (Å²) in [4.78, 5) is 15.5. The van der Waals surface area contributed by atoms with Crippen molar-refractivity contribution in [2.24, 2.45) is 0 Å². The first-order chi connectivity index (χ1) is 9.71. The molecule has 3 nitrogen and oxygen atoms in total. The minimum absolute atomic E-state index is 0.0115. The number of aromatic nitrogens is 1. The van der Waals surface area contributed by atoms with Gasteiger partial charge in [0.05, 0.1) is 17.0 Å². The molecule has 0 unspecified atom stereocenters. The van der Waals surface area contributed by atoms with Crippen molar-refractivity contribution in [2.75, 3.05) is 0 Å². The zero-order valence-electron chi connectivity index (χ0n) is 11.9. The van der Waals surface area contributed by atoms with Crippen molar-refractivity contribution in [3.63, 3.8) is 0 Å². The van der Waals surface area contributed by atoms with Gasteiger partial charge in [-0.2, -0.15) is 0 Å². The summed E-state index contributed by atoms with van der Waals surface area (Å²) in [6.07, 6.45) is 0. The van der Waals surface area contributed by atoms with Gasteiger partial charge in [0.2, 0.25) is 0 Å². The number of carboxylic acids is 1. The molecular formula is C16H15F2NO2. The van der Waals surface area contributed by atoms with Gasteiger partial charge >= 0.3 is 5.97 Å². The molecule has 0 atom stereocenters. The lowest BCUT2D eigenvalue weighted by atomic mass is 9.88. The van der Waals surface area contributed by atoms with Crippen LogP contribution in [0.25, 0.3) is 11.3 Å². The summed E-state index contributed by atoms with van der Waals surface area (Å²) in [5.41, 5.74) is 0.0756. The van der Waals surface area contributed by atoms with Crippen LogP contribution in [0.3, 0.4) is 0 Å². The highest BCUT2D eigenvalue weighted by atomic mass is 19.2. The predicted octanol–water partition coefficient (Wildman–Crippen LogP) is 4.02. The topological polar surface area (TPSA) is 50.2 Å². The normalized spacial score (nSPS) is 11.5. The fraction of sp³-hybridized carbons (Fsp3) is 0.250. The third kappa shape index (κ3) is 2.91. The highest BCUT2D eigenvalue weighted by Crippen LogP contribution is 2.29. The van der Waals surface area contributed by atoms with Gasteiger partial charge in [0.1, 0.15) is 0 Å². The van der Waals surface area contributed by atoms with Gasteiger partial charge < -0.3 is 5.11 Å². The zero-order valence-corrected chi connectivity index (χ0v) is 11.9. The molecule has 0 spiro atoms. The number of halogens is 2. The second-order valence-corrected chi connectivity index (χ2v) is 5.75. The molecule has 0 bridgehead atoms. The van der Waals surface area contributed by atoms with Crippen LogP contribution in [0.4, 0.5) is 8.78 Å². The zero-order chi connectivity index (χ0) is 15.8. The van der Waals surface area contributed by atoms with Gasteiger partial charge in [-0.3, -0.25) is 4.98 Å². The lowest BCUT2D eigenvalue weighted by Crippen LogP contribution is -2.19. The summed E-state index contributed by atoms with van der Waals surface area (Å²) in [7, 11) is 0. The lowest BCUT2D eigenvalue weighted by Gasteiger charge is -2.21. The molecule has 0 aliphatic rings. The number of nitrogens with zero attached hydrogens (tertiary/aromatic N) is 1. The van der Waals surface area contributed by atoms with E-state index < -0.39 is 23.0 Å². The van der Waals surface area contributed by atoms with Crippen LogP contribution in [0, 0.1) is 11.6 Å². The van der Waals surface area contributed by atoms with Crippen molar-refractivity contribution in [3.05, 3.63) is 53.2 Å². The Morgan fingerprint density at radius 1 is 1.14 bits per heavy atom. The molecule has 2 rings (SSSR count). The van der Waals surface area contributed by atoms with Crippen molar-refractivity contribution in [1.82, 2.24) is 4.98 Å². The number of aromatic carboxylic acids is 1. The SMILES string of the molecule is CC(C)(C)c1nc(-c2cccc(F)c2F)ccc1C(=O)O. The quantitative estimate of drug-likeness (QED) is 0.909. The van der Waals surface area contributed by atoms with Crippen LogP contribution in [0.2, 0.25) is 0 Å². The van der Waals surface area contributed by atoms with Gasteiger partial charge in [0.15, 0.2) is 11.6 Å². The van der Waals surface area contributed by atoms with E-state index >= 15 is 0 Å². The lowest BCUT2D eigenvalue weighted by molar-refractivity contribution is 0.0693. The standard InChI is InChI=1S/C16H15F2NO2/c1-16(2,3)14-10(15(20)21)7-8-12(19-14)9-5-4-6-11(17)13(9)18/h4-8H,1-3H3,(H,20,21). The minimum Gasteiger partial charge on any atom is -0.478 e. The Balaban J connectivity index is 2.68. The molecule has 5 heteroatoms. The Labute approximate surface area is 121 Å². The molecule has 21 heavy (non-hydrogen) atoms. The van der Waals surface area contributed by atoms with Gasteiger partial charge in [-0.25, -0.2) is 13.6 Å². The molecule has 0 aliphatic carbocycles. The minimum atomic E-state index is -1.10. The fourth-order valence-electron chi connectivity index (χ4n) is 2.06. The van der Waals surface area contributed by atoms with Crippen LogP contribution in [0.1, 0.15) is 36.8 Å². The van der Waals surface area contributed by atoms with E-state index in [-0.39, 0.29) is 16.8 Å². The van der Waals surface area contributed by atoms with Crippen LogP contribution in [-0.4, -0.2) is 16.1 Å². The van der Waals surface area contributed by atoms with E-state index in [2.05, 4.69) is 4.98 Å². The van der Waals surface area contributed by atoms with E-state index in [0.717, 1.165) is 6.07 Å². The first-order valence-corrected chi connectivity index (χ1v) is 6.41. The number of hydrogen-bond donors (Lipinski definition) is 1. The van der Waals surface area contributed by atoms with Gasteiger partial charge in [-0.05, 0) is 24.3 Å². The van der Waals surface area contributed by atoms with E-state index in [4.69, 9.17) is 0 Å². The number of pyridine rings is 1. The number of carbonyl (C=O) groups is 1. The fourth-order valence-corrected chi connectivity index (χ4v) is 2.06. The summed E-state index contributed by atoms with van der Waals surface area (Å²) in [5, 5.41) is 9.22. The summed E-state index contributed by atoms with van der Waals surface area (Å²) in [5.74, 6) is -3.06. The monoisotopic (exact) mass is 291 g/mol. The third-order valence-electron chi connectivity index (χ3n) is 3.06. The van der Waals surface area contributed by atoms with Crippen LogP contribution < -0.4 is 0 Å². The van der Waals surface area contributed by atoms with E-state index in [1.807, 2.05) is 20.8 Å². The molecule has 0 aliphatic heterocycles. The largest absolute Gasteiger partial charge is 0.478 e. The molecular weight excluding hydrogens is 276 g/mol. The maximum absolute atomic E-state index is 13.8. The second kappa shape index (κ2) is 5.24. The maximum atomic E-state index is 13.8. The summed E-state index contributed by atoms with van der Waals surface area (Å²) < 4.78 is 27.2. The predicted molar refractivity (Wildman–Crippen MR) is 75.2 cm³/mol. The van der Waals surface area contributed by atoms with Gasteiger partial charge in [0.25, 0.3) is 0 Å². The smallest absolute Gasteiger partial charge is 0.337 e. The molecule has 2 aromatic rings. The summed E-state index contributed by atoms with van der Waals surface area (Å²) in [6.45, 7) is 5.44. The van der Waals surface area contributed by atoms with Crippen molar-refractivity contribution in [2.45, 2.75) is 26.2 Å².